The van der Waals surface area contributed by atoms with E-state index in [1.165, 1.54) is 42.4 Å². The van der Waals surface area contributed by atoms with Gasteiger partial charge in [-0.2, -0.15) is 4.68 Å². The molecule has 0 amide bonds. The zero-order valence-corrected chi connectivity index (χ0v) is 13.8. The molecule has 2 aromatic carbocycles. The minimum absolute atomic E-state index is 0.00618. The lowest BCUT2D eigenvalue weighted by Gasteiger charge is -2.12. The first-order valence-electron chi connectivity index (χ1n) is 7.05. The molecule has 0 bridgehead atoms. The summed E-state index contributed by atoms with van der Waals surface area (Å²) in [6, 6.07) is 12.1. The summed E-state index contributed by atoms with van der Waals surface area (Å²) in [6.45, 7) is 0. The second-order valence-electron chi connectivity index (χ2n) is 4.89. The molecule has 1 N–H and O–H groups in total. The van der Waals surface area contributed by atoms with Gasteiger partial charge in [0.25, 0.3) is 10.0 Å². The van der Waals surface area contributed by atoms with Crippen LogP contribution < -0.4 is 4.72 Å². The van der Waals surface area contributed by atoms with Gasteiger partial charge in [-0.1, -0.05) is 12.1 Å². The van der Waals surface area contributed by atoms with E-state index in [1.807, 2.05) is 0 Å². The van der Waals surface area contributed by atoms with Crippen molar-refractivity contribution in [1.29, 1.82) is 0 Å². The Morgan fingerprint density at radius 2 is 1.84 bits per heavy atom. The van der Waals surface area contributed by atoms with Crippen LogP contribution >= 0.6 is 0 Å². The summed E-state index contributed by atoms with van der Waals surface area (Å²) in [5.74, 6) is -0.541. The number of benzene rings is 2. The number of tetrazole rings is 1. The lowest BCUT2D eigenvalue weighted by atomic mass is 10.2. The number of esters is 1. The Morgan fingerprint density at radius 3 is 2.48 bits per heavy atom. The molecule has 3 aromatic rings. The van der Waals surface area contributed by atoms with E-state index >= 15 is 0 Å². The van der Waals surface area contributed by atoms with Crippen LogP contribution in [0.15, 0.2) is 59.8 Å². The third-order valence-corrected chi connectivity index (χ3v) is 4.71. The number of ether oxygens (including phenoxy) is 1. The van der Waals surface area contributed by atoms with Gasteiger partial charge in [-0.05, 0) is 46.8 Å². The molecule has 0 unspecified atom stereocenters. The van der Waals surface area contributed by atoms with Gasteiger partial charge in [0.15, 0.2) is 0 Å². The Bertz CT molecular complexity index is 985. The molecule has 0 radical (unpaired) electrons. The third-order valence-electron chi connectivity index (χ3n) is 3.33. The number of carbonyl (C=O) groups is 1. The first-order chi connectivity index (χ1) is 12.0. The minimum Gasteiger partial charge on any atom is -0.465 e. The fourth-order valence-electron chi connectivity index (χ4n) is 2.12. The standard InChI is InChI=1S/C15H13N5O4S/c1-24-15(21)11-6-8-12(9-7-11)25(22,23)17-13-4-2-3-5-14(13)20-10-16-18-19-20/h2-10,17H,1H3. The number of nitrogens with zero attached hydrogens (tertiary/aromatic N) is 4. The summed E-state index contributed by atoms with van der Waals surface area (Å²) in [5.41, 5.74) is 1.05. The van der Waals surface area contributed by atoms with Crippen LogP contribution in [0.4, 0.5) is 5.69 Å². The molecule has 0 aliphatic carbocycles. The van der Waals surface area contributed by atoms with Crippen molar-refractivity contribution in [2.75, 3.05) is 11.8 Å². The second-order valence-corrected chi connectivity index (χ2v) is 6.58. The van der Waals surface area contributed by atoms with Crippen molar-refractivity contribution in [3.8, 4) is 5.69 Å². The number of hydrogen-bond donors (Lipinski definition) is 1. The van der Waals surface area contributed by atoms with Crippen molar-refractivity contribution in [2.45, 2.75) is 4.90 Å². The Morgan fingerprint density at radius 1 is 1.12 bits per heavy atom. The maximum atomic E-state index is 12.6. The highest BCUT2D eigenvalue weighted by Gasteiger charge is 2.17. The number of carbonyl (C=O) groups excluding carboxylic acids is 1. The van der Waals surface area contributed by atoms with Crippen molar-refractivity contribution in [2.24, 2.45) is 0 Å². The highest BCUT2D eigenvalue weighted by Crippen LogP contribution is 2.22. The first-order valence-corrected chi connectivity index (χ1v) is 8.53. The van der Waals surface area contributed by atoms with Crippen molar-refractivity contribution < 1.29 is 17.9 Å². The Labute approximate surface area is 143 Å². The largest absolute Gasteiger partial charge is 0.465 e. The molecule has 0 atom stereocenters. The molecule has 1 aromatic heterocycles. The van der Waals surface area contributed by atoms with Crippen LogP contribution in [-0.4, -0.2) is 41.7 Å². The normalized spacial score (nSPS) is 11.1. The van der Waals surface area contributed by atoms with Gasteiger partial charge in [0.2, 0.25) is 0 Å². The van der Waals surface area contributed by atoms with Gasteiger partial charge in [0, 0.05) is 0 Å². The van der Waals surface area contributed by atoms with Crippen molar-refractivity contribution in [3.63, 3.8) is 0 Å². The van der Waals surface area contributed by atoms with Crippen LogP contribution in [0.25, 0.3) is 5.69 Å². The molecule has 0 spiro atoms. The number of hydrogen-bond acceptors (Lipinski definition) is 7. The van der Waals surface area contributed by atoms with E-state index in [0.717, 1.165) is 0 Å². The van der Waals surface area contributed by atoms with E-state index in [0.29, 0.717) is 11.4 Å². The summed E-state index contributed by atoms with van der Waals surface area (Å²) < 4.78 is 33.6. The van der Waals surface area contributed by atoms with Crippen molar-refractivity contribution >= 4 is 21.7 Å². The van der Waals surface area contributed by atoms with Crippen LogP contribution in [0.5, 0.6) is 0 Å². The topological polar surface area (TPSA) is 116 Å². The summed E-state index contributed by atoms with van der Waals surface area (Å²) in [7, 11) is -2.61. The number of sulfonamides is 1. The van der Waals surface area contributed by atoms with Crippen LogP contribution in [0.1, 0.15) is 10.4 Å². The number of nitrogens with one attached hydrogen (secondary N) is 1. The fraction of sp³-hybridized carbons (Fsp3) is 0.0667. The lowest BCUT2D eigenvalue weighted by Crippen LogP contribution is -2.15. The van der Waals surface area contributed by atoms with E-state index in [4.69, 9.17) is 0 Å². The molecule has 0 saturated carbocycles. The molecule has 0 fully saturated rings. The van der Waals surface area contributed by atoms with Crippen LogP contribution in [0.3, 0.4) is 0 Å². The average Bonchev–Trinajstić information content (AvgIpc) is 3.16. The van der Waals surface area contributed by atoms with E-state index < -0.39 is 16.0 Å². The Kier molecular flexibility index (Phi) is 4.44. The van der Waals surface area contributed by atoms with E-state index in [9.17, 15) is 13.2 Å². The van der Waals surface area contributed by atoms with Crippen molar-refractivity contribution in [1.82, 2.24) is 20.2 Å². The maximum absolute atomic E-state index is 12.6. The highest BCUT2D eigenvalue weighted by atomic mass is 32.2. The predicted molar refractivity (Wildman–Crippen MR) is 87.7 cm³/mol. The zero-order chi connectivity index (χ0) is 17.9. The summed E-state index contributed by atoms with van der Waals surface area (Å²) in [4.78, 5) is 11.4. The third kappa shape index (κ3) is 3.48. The molecular weight excluding hydrogens is 346 g/mol. The van der Waals surface area contributed by atoms with Gasteiger partial charge in [-0.3, -0.25) is 4.72 Å². The van der Waals surface area contributed by atoms with E-state index in [1.54, 1.807) is 24.3 Å². The molecule has 0 aliphatic rings. The summed E-state index contributed by atoms with van der Waals surface area (Å²) in [6.07, 6.45) is 1.36. The second kappa shape index (κ2) is 6.69. The van der Waals surface area contributed by atoms with Gasteiger partial charge >= 0.3 is 5.97 Å². The van der Waals surface area contributed by atoms with Gasteiger partial charge in [0.05, 0.1) is 28.9 Å². The predicted octanol–water partition coefficient (Wildman–Crippen LogP) is 1.25. The SMILES string of the molecule is COC(=O)c1ccc(S(=O)(=O)Nc2ccccc2-n2cnnn2)cc1. The molecular formula is C15H13N5O4S. The van der Waals surface area contributed by atoms with Gasteiger partial charge < -0.3 is 4.74 Å². The minimum atomic E-state index is -3.86. The fourth-order valence-corrected chi connectivity index (χ4v) is 3.20. The summed E-state index contributed by atoms with van der Waals surface area (Å²) in [5, 5.41) is 10.8. The summed E-state index contributed by atoms with van der Waals surface area (Å²) >= 11 is 0. The van der Waals surface area contributed by atoms with Gasteiger partial charge in [0.1, 0.15) is 6.33 Å². The smallest absolute Gasteiger partial charge is 0.337 e. The number of rotatable bonds is 5. The van der Waals surface area contributed by atoms with E-state index in [2.05, 4.69) is 25.0 Å². The average molecular weight is 359 g/mol. The van der Waals surface area contributed by atoms with Crippen LogP contribution in [0, 0.1) is 0 Å². The number of para-hydroxylation sites is 2. The molecule has 10 heteroatoms. The number of anilines is 1. The highest BCUT2D eigenvalue weighted by molar-refractivity contribution is 7.92. The van der Waals surface area contributed by atoms with Crippen LogP contribution in [0.2, 0.25) is 0 Å². The molecule has 25 heavy (non-hydrogen) atoms. The first kappa shape index (κ1) is 16.6. The van der Waals surface area contributed by atoms with Gasteiger partial charge in [-0.15, -0.1) is 5.10 Å². The monoisotopic (exact) mass is 359 g/mol. The van der Waals surface area contributed by atoms with E-state index in [-0.39, 0.29) is 10.5 Å². The molecule has 128 valence electrons. The van der Waals surface area contributed by atoms with Crippen molar-refractivity contribution in [3.05, 3.63) is 60.4 Å². The molecule has 9 nitrogen and oxygen atoms in total. The number of methoxy groups -OCH3 is 1. The zero-order valence-electron chi connectivity index (χ0n) is 13.0. The van der Waals surface area contributed by atoms with Crippen LogP contribution in [-0.2, 0) is 14.8 Å². The number of aromatic nitrogens is 4. The Balaban J connectivity index is 1.91. The molecule has 0 saturated heterocycles. The molecule has 1 heterocycles. The maximum Gasteiger partial charge on any atom is 0.337 e. The lowest BCUT2D eigenvalue weighted by molar-refractivity contribution is 0.0600. The molecule has 0 aliphatic heterocycles. The van der Waals surface area contributed by atoms with Gasteiger partial charge in [-0.25, -0.2) is 13.2 Å². The Hall–Kier alpha value is -3.27. The quantitative estimate of drug-likeness (QED) is 0.681. The molecule has 3 rings (SSSR count).